The number of aromatic nitrogens is 4. The van der Waals surface area contributed by atoms with Crippen LogP contribution in [0, 0.1) is 0 Å². The van der Waals surface area contributed by atoms with Crippen LogP contribution in [0.4, 0.5) is 5.95 Å². The molecule has 27 heavy (non-hydrogen) atoms. The summed E-state index contributed by atoms with van der Waals surface area (Å²) in [7, 11) is 4.66. The molecule has 2 aromatic heterocycles. The largest absolute Gasteiger partial charge is 0.493 e. The molecule has 10 heteroatoms. The lowest BCUT2D eigenvalue weighted by molar-refractivity contribution is -0.114. The Morgan fingerprint density at radius 3 is 2.37 bits per heavy atom. The Balaban J connectivity index is 2.04. The summed E-state index contributed by atoms with van der Waals surface area (Å²) in [6.07, 6.45) is 1.60. The molecule has 3 aromatic rings. The number of fused-ring (bicyclic) bond motifs is 1. The lowest BCUT2D eigenvalue weighted by Crippen LogP contribution is -2.10. The van der Waals surface area contributed by atoms with Gasteiger partial charge in [0.1, 0.15) is 5.52 Å². The SMILES string of the molecule is COc1cc(Cn2cnc3c(Cl)nc(NC(C)=O)nc32)cc(OC)c1OC. The van der Waals surface area contributed by atoms with Crippen molar-refractivity contribution >= 4 is 34.6 Å². The van der Waals surface area contributed by atoms with Gasteiger partial charge in [0.25, 0.3) is 0 Å². The average molecular weight is 392 g/mol. The smallest absolute Gasteiger partial charge is 0.232 e. The molecule has 2 heterocycles. The molecule has 0 spiro atoms. The first kappa shape index (κ1) is 18.7. The van der Waals surface area contributed by atoms with E-state index >= 15 is 0 Å². The number of halogens is 1. The molecule has 0 aliphatic carbocycles. The molecule has 3 rings (SSSR count). The van der Waals surface area contributed by atoms with E-state index in [1.165, 1.54) is 6.92 Å². The summed E-state index contributed by atoms with van der Waals surface area (Å²) in [5, 5.41) is 2.69. The zero-order valence-corrected chi connectivity index (χ0v) is 16.0. The average Bonchev–Trinajstić information content (AvgIpc) is 3.03. The molecule has 0 bridgehead atoms. The van der Waals surface area contributed by atoms with Crippen molar-refractivity contribution in [2.24, 2.45) is 0 Å². The molecule has 0 atom stereocenters. The third-order valence-corrected chi connectivity index (χ3v) is 4.05. The van der Waals surface area contributed by atoms with Gasteiger partial charge in [0, 0.05) is 6.92 Å². The number of nitrogens with one attached hydrogen (secondary N) is 1. The minimum absolute atomic E-state index is 0.117. The van der Waals surface area contributed by atoms with Gasteiger partial charge in [0.15, 0.2) is 22.3 Å². The van der Waals surface area contributed by atoms with E-state index in [9.17, 15) is 4.79 Å². The maximum absolute atomic E-state index is 11.3. The Kier molecular flexibility index (Phi) is 5.31. The number of imidazole rings is 1. The van der Waals surface area contributed by atoms with Crippen LogP contribution in [0.25, 0.3) is 11.2 Å². The highest BCUT2D eigenvalue weighted by atomic mass is 35.5. The summed E-state index contributed by atoms with van der Waals surface area (Å²) < 4.78 is 17.9. The van der Waals surface area contributed by atoms with E-state index in [2.05, 4.69) is 20.3 Å². The number of carbonyl (C=O) groups excluding carboxylic acids is 1. The zero-order valence-electron chi connectivity index (χ0n) is 15.2. The number of methoxy groups -OCH3 is 3. The Morgan fingerprint density at radius 1 is 1.15 bits per heavy atom. The molecule has 0 aliphatic heterocycles. The fourth-order valence-corrected chi connectivity index (χ4v) is 2.88. The predicted molar refractivity (Wildman–Crippen MR) is 99.8 cm³/mol. The summed E-state index contributed by atoms with van der Waals surface area (Å²) in [6.45, 7) is 1.79. The Hall–Kier alpha value is -3.07. The van der Waals surface area contributed by atoms with Gasteiger partial charge in [-0.1, -0.05) is 11.6 Å². The maximum Gasteiger partial charge on any atom is 0.232 e. The van der Waals surface area contributed by atoms with Gasteiger partial charge in [0.2, 0.25) is 17.6 Å². The number of benzene rings is 1. The van der Waals surface area contributed by atoms with Crippen LogP contribution >= 0.6 is 11.6 Å². The van der Waals surface area contributed by atoms with Crippen LogP contribution < -0.4 is 19.5 Å². The fraction of sp³-hybridized carbons (Fsp3) is 0.294. The predicted octanol–water partition coefficient (Wildman–Crippen LogP) is 2.51. The van der Waals surface area contributed by atoms with Crippen LogP contribution in [-0.2, 0) is 11.3 Å². The first-order valence-corrected chi connectivity index (χ1v) is 8.29. The zero-order chi connectivity index (χ0) is 19.6. The Labute approximate surface area is 160 Å². The van der Waals surface area contributed by atoms with Gasteiger partial charge < -0.3 is 18.8 Å². The number of carbonyl (C=O) groups is 1. The number of rotatable bonds is 6. The minimum atomic E-state index is -0.291. The van der Waals surface area contributed by atoms with Crippen molar-refractivity contribution in [2.45, 2.75) is 13.5 Å². The molecule has 1 amide bonds. The second-order valence-electron chi connectivity index (χ2n) is 5.60. The lowest BCUT2D eigenvalue weighted by Gasteiger charge is -2.14. The normalized spacial score (nSPS) is 10.7. The van der Waals surface area contributed by atoms with Crippen molar-refractivity contribution in [1.29, 1.82) is 0 Å². The number of amides is 1. The van der Waals surface area contributed by atoms with Gasteiger partial charge in [-0.05, 0) is 17.7 Å². The first-order chi connectivity index (χ1) is 13.0. The number of hydrogen-bond donors (Lipinski definition) is 1. The molecular weight excluding hydrogens is 374 g/mol. The van der Waals surface area contributed by atoms with Gasteiger partial charge in [-0.3, -0.25) is 10.1 Å². The first-order valence-electron chi connectivity index (χ1n) is 7.91. The van der Waals surface area contributed by atoms with Crippen LogP contribution in [0.2, 0.25) is 5.15 Å². The monoisotopic (exact) mass is 391 g/mol. The number of hydrogen-bond acceptors (Lipinski definition) is 7. The van der Waals surface area contributed by atoms with E-state index in [1.54, 1.807) is 32.2 Å². The lowest BCUT2D eigenvalue weighted by atomic mass is 10.1. The Morgan fingerprint density at radius 2 is 1.81 bits per heavy atom. The topological polar surface area (TPSA) is 100 Å². The minimum Gasteiger partial charge on any atom is -0.493 e. The molecule has 0 saturated heterocycles. The second-order valence-corrected chi connectivity index (χ2v) is 5.96. The van der Waals surface area contributed by atoms with Crippen molar-refractivity contribution in [3.05, 3.63) is 29.2 Å². The van der Waals surface area contributed by atoms with E-state index in [4.69, 9.17) is 25.8 Å². The summed E-state index contributed by atoms with van der Waals surface area (Å²) in [6, 6.07) is 3.68. The van der Waals surface area contributed by atoms with Crippen molar-refractivity contribution in [3.8, 4) is 17.2 Å². The summed E-state index contributed by atoms with van der Waals surface area (Å²) >= 11 is 6.16. The van der Waals surface area contributed by atoms with E-state index in [0.29, 0.717) is 35.0 Å². The highest BCUT2D eigenvalue weighted by Crippen LogP contribution is 2.38. The van der Waals surface area contributed by atoms with Gasteiger partial charge in [0.05, 0.1) is 34.2 Å². The maximum atomic E-state index is 11.3. The van der Waals surface area contributed by atoms with Crippen molar-refractivity contribution in [1.82, 2.24) is 19.5 Å². The number of nitrogens with zero attached hydrogens (tertiary/aromatic N) is 4. The summed E-state index contributed by atoms with van der Waals surface area (Å²) in [4.78, 5) is 23.9. The molecule has 0 aliphatic rings. The van der Waals surface area contributed by atoms with Gasteiger partial charge in [-0.15, -0.1) is 0 Å². The molecule has 142 valence electrons. The standard InChI is InChI=1S/C17H18ClN5O4/c1-9(24)20-17-21-15(18)13-16(22-17)23(8-19-13)7-10-5-11(25-2)14(27-4)12(6-10)26-3/h5-6,8H,7H2,1-4H3,(H,20,21,22,24). The third-order valence-electron chi connectivity index (χ3n) is 3.79. The van der Waals surface area contributed by atoms with Gasteiger partial charge in [-0.2, -0.15) is 9.97 Å². The quantitative estimate of drug-likeness (QED) is 0.644. The van der Waals surface area contributed by atoms with E-state index in [-0.39, 0.29) is 17.0 Å². The van der Waals surface area contributed by atoms with Crippen LogP contribution in [0.15, 0.2) is 18.5 Å². The third kappa shape index (κ3) is 3.72. The van der Waals surface area contributed by atoms with Crippen LogP contribution in [0.1, 0.15) is 12.5 Å². The molecule has 0 unspecified atom stereocenters. The highest BCUT2D eigenvalue weighted by Gasteiger charge is 2.16. The van der Waals surface area contributed by atoms with Crippen molar-refractivity contribution in [2.75, 3.05) is 26.6 Å². The molecule has 1 N–H and O–H groups in total. The molecule has 0 saturated carbocycles. The number of anilines is 1. The Bertz CT molecular complexity index is 979. The highest BCUT2D eigenvalue weighted by molar-refractivity contribution is 6.33. The molecule has 1 aromatic carbocycles. The van der Waals surface area contributed by atoms with E-state index in [0.717, 1.165) is 5.56 Å². The van der Waals surface area contributed by atoms with E-state index < -0.39 is 0 Å². The van der Waals surface area contributed by atoms with E-state index in [1.807, 2.05) is 12.1 Å². The van der Waals surface area contributed by atoms with Gasteiger partial charge >= 0.3 is 0 Å². The number of ether oxygens (including phenoxy) is 3. The summed E-state index contributed by atoms with van der Waals surface area (Å²) in [5.74, 6) is 1.43. The summed E-state index contributed by atoms with van der Waals surface area (Å²) in [5.41, 5.74) is 1.81. The van der Waals surface area contributed by atoms with Crippen molar-refractivity contribution < 1.29 is 19.0 Å². The van der Waals surface area contributed by atoms with Crippen molar-refractivity contribution in [3.63, 3.8) is 0 Å². The van der Waals surface area contributed by atoms with Crippen LogP contribution in [0.3, 0.4) is 0 Å². The molecular formula is C17H18ClN5O4. The van der Waals surface area contributed by atoms with Crippen LogP contribution in [0.5, 0.6) is 17.2 Å². The second kappa shape index (κ2) is 7.67. The molecule has 0 radical (unpaired) electrons. The molecule has 9 nitrogen and oxygen atoms in total. The van der Waals surface area contributed by atoms with Crippen LogP contribution in [-0.4, -0.2) is 46.8 Å². The van der Waals surface area contributed by atoms with Gasteiger partial charge in [-0.25, -0.2) is 4.98 Å². The molecule has 0 fully saturated rings. The fourth-order valence-electron chi connectivity index (χ4n) is 2.66.